The third-order valence-electron chi connectivity index (χ3n) is 3.61. The summed E-state index contributed by atoms with van der Waals surface area (Å²) < 4.78 is 10.5. The first kappa shape index (κ1) is 16.4. The number of ether oxygens (including phenoxy) is 2. The molecular weight excluding hydrogens is 282 g/mol. The van der Waals surface area contributed by atoms with Crippen LogP contribution >= 0.6 is 0 Å². The Morgan fingerprint density at radius 1 is 1.18 bits per heavy atom. The second-order valence-electron chi connectivity index (χ2n) is 5.87. The number of hydrogen-bond donors (Lipinski definition) is 2. The maximum absolute atomic E-state index is 11.9. The largest absolute Gasteiger partial charge is 0.454 e. The maximum Gasteiger partial charge on any atom is 0.319 e. The molecule has 1 heterocycles. The van der Waals surface area contributed by atoms with Gasteiger partial charge in [0.25, 0.3) is 0 Å². The Hall–Kier alpha value is -1.95. The van der Waals surface area contributed by atoms with Gasteiger partial charge in [0.05, 0.1) is 0 Å². The van der Waals surface area contributed by atoms with Crippen molar-refractivity contribution in [2.24, 2.45) is 0 Å². The lowest BCUT2D eigenvalue weighted by Gasteiger charge is -2.30. The number of anilines is 1. The van der Waals surface area contributed by atoms with Gasteiger partial charge in [-0.3, -0.25) is 4.90 Å². The zero-order chi connectivity index (χ0) is 16.1. The number of fused-ring (bicyclic) bond motifs is 1. The highest BCUT2D eigenvalue weighted by atomic mass is 16.7. The zero-order valence-corrected chi connectivity index (χ0v) is 13.7. The topological polar surface area (TPSA) is 62.8 Å². The van der Waals surface area contributed by atoms with Crippen molar-refractivity contribution in [3.8, 4) is 11.5 Å². The van der Waals surface area contributed by atoms with Crippen molar-refractivity contribution >= 4 is 11.7 Å². The molecule has 0 unspecified atom stereocenters. The van der Waals surface area contributed by atoms with Crippen LogP contribution in [0.3, 0.4) is 0 Å². The summed E-state index contributed by atoms with van der Waals surface area (Å²) in [7, 11) is 0. The van der Waals surface area contributed by atoms with E-state index in [9.17, 15) is 4.79 Å². The van der Waals surface area contributed by atoms with E-state index >= 15 is 0 Å². The molecule has 6 heteroatoms. The molecule has 0 saturated heterocycles. The normalized spacial score (nSPS) is 13.0. The van der Waals surface area contributed by atoms with E-state index in [1.54, 1.807) is 18.2 Å². The van der Waals surface area contributed by atoms with Gasteiger partial charge in [-0.05, 0) is 39.8 Å². The average Bonchev–Trinajstić information content (AvgIpc) is 2.90. The molecule has 1 aromatic rings. The van der Waals surface area contributed by atoms with Crippen LogP contribution in [0.25, 0.3) is 0 Å². The molecule has 0 aromatic heterocycles. The second kappa shape index (κ2) is 7.35. The fourth-order valence-corrected chi connectivity index (χ4v) is 2.56. The Balaban J connectivity index is 1.78. The van der Waals surface area contributed by atoms with Crippen LogP contribution in [-0.2, 0) is 0 Å². The minimum Gasteiger partial charge on any atom is -0.454 e. The van der Waals surface area contributed by atoms with E-state index in [-0.39, 0.29) is 12.8 Å². The van der Waals surface area contributed by atoms with Gasteiger partial charge < -0.3 is 20.1 Å². The SMILES string of the molecule is CC(C)N(CCNC(=O)Nc1ccc2c(c1)OCO2)C(C)C. The summed E-state index contributed by atoms with van der Waals surface area (Å²) in [5.41, 5.74) is 0.686. The molecule has 2 N–H and O–H groups in total. The molecule has 0 radical (unpaired) electrons. The molecule has 1 aliphatic heterocycles. The zero-order valence-electron chi connectivity index (χ0n) is 13.7. The van der Waals surface area contributed by atoms with Crippen molar-refractivity contribution in [1.29, 1.82) is 0 Å². The van der Waals surface area contributed by atoms with E-state index in [1.807, 2.05) is 0 Å². The van der Waals surface area contributed by atoms with Crippen LogP contribution in [0.1, 0.15) is 27.7 Å². The Bertz CT molecular complexity index is 509. The van der Waals surface area contributed by atoms with Crippen LogP contribution in [0.2, 0.25) is 0 Å². The minimum absolute atomic E-state index is 0.216. The van der Waals surface area contributed by atoms with Crippen molar-refractivity contribution in [1.82, 2.24) is 10.2 Å². The fourth-order valence-electron chi connectivity index (χ4n) is 2.56. The maximum atomic E-state index is 11.9. The van der Waals surface area contributed by atoms with Crippen LogP contribution in [0, 0.1) is 0 Å². The van der Waals surface area contributed by atoms with Crippen molar-refractivity contribution < 1.29 is 14.3 Å². The van der Waals surface area contributed by atoms with Gasteiger partial charge in [0.1, 0.15) is 0 Å². The Morgan fingerprint density at radius 3 is 2.55 bits per heavy atom. The summed E-state index contributed by atoms with van der Waals surface area (Å²) in [6.45, 7) is 10.3. The van der Waals surface area contributed by atoms with Crippen LogP contribution < -0.4 is 20.1 Å². The molecule has 0 bridgehead atoms. The second-order valence-corrected chi connectivity index (χ2v) is 5.87. The lowest BCUT2D eigenvalue weighted by molar-refractivity contribution is 0.174. The van der Waals surface area contributed by atoms with E-state index < -0.39 is 0 Å². The number of hydrogen-bond acceptors (Lipinski definition) is 4. The monoisotopic (exact) mass is 307 g/mol. The standard InChI is InChI=1S/C16H25N3O3/c1-11(2)19(12(3)4)8-7-17-16(20)18-13-5-6-14-15(9-13)22-10-21-14/h5-6,9,11-12H,7-8,10H2,1-4H3,(H2,17,18,20). The highest BCUT2D eigenvalue weighted by Gasteiger charge is 2.15. The summed E-state index contributed by atoms with van der Waals surface area (Å²) in [6.07, 6.45) is 0. The van der Waals surface area contributed by atoms with E-state index in [0.717, 1.165) is 6.54 Å². The predicted molar refractivity (Wildman–Crippen MR) is 86.6 cm³/mol. The molecule has 1 aliphatic rings. The summed E-state index contributed by atoms with van der Waals surface area (Å²) in [4.78, 5) is 14.3. The van der Waals surface area contributed by atoms with Crippen LogP contribution in [0.5, 0.6) is 11.5 Å². The summed E-state index contributed by atoms with van der Waals surface area (Å²) >= 11 is 0. The van der Waals surface area contributed by atoms with E-state index in [0.29, 0.717) is 35.8 Å². The van der Waals surface area contributed by atoms with Gasteiger partial charge in [-0.15, -0.1) is 0 Å². The molecule has 22 heavy (non-hydrogen) atoms. The first-order chi connectivity index (χ1) is 10.5. The quantitative estimate of drug-likeness (QED) is 0.848. The molecule has 0 aliphatic carbocycles. The van der Waals surface area contributed by atoms with Gasteiger partial charge in [-0.2, -0.15) is 0 Å². The molecule has 0 fully saturated rings. The van der Waals surface area contributed by atoms with Gasteiger partial charge in [-0.25, -0.2) is 4.79 Å². The van der Waals surface area contributed by atoms with Crippen molar-refractivity contribution in [2.45, 2.75) is 39.8 Å². The Kier molecular flexibility index (Phi) is 5.49. The summed E-state index contributed by atoms with van der Waals surface area (Å²) in [6, 6.07) is 6.04. The molecule has 2 amide bonds. The predicted octanol–water partition coefficient (Wildman–Crippen LogP) is 2.66. The average molecular weight is 307 g/mol. The molecular formula is C16H25N3O3. The van der Waals surface area contributed by atoms with Gasteiger partial charge in [-0.1, -0.05) is 0 Å². The number of amides is 2. The molecule has 0 saturated carbocycles. The first-order valence-corrected chi connectivity index (χ1v) is 7.67. The molecule has 0 spiro atoms. The highest BCUT2D eigenvalue weighted by molar-refractivity contribution is 5.89. The summed E-state index contributed by atoms with van der Waals surface area (Å²) in [5.74, 6) is 1.36. The third kappa shape index (κ3) is 4.27. The number of rotatable bonds is 6. The highest BCUT2D eigenvalue weighted by Crippen LogP contribution is 2.34. The third-order valence-corrected chi connectivity index (χ3v) is 3.61. The summed E-state index contributed by atoms with van der Waals surface area (Å²) in [5, 5.41) is 5.68. The molecule has 1 aromatic carbocycles. The Labute approximate surface area is 131 Å². The Morgan fingerprint density at radius 2 is 1.86 bits per heavy atom. The van der Waals surface area contributed by atoms with Gasteiger partial charge in [0.2, 0.25) is 6.79 Å². The van der Waals surface area contributed by atoms with Crippen LogP contribution in [-0.4, -0.2) is 42.9 Å². The van der Waals surface area contributed by atoms with E-state index in [4.69, 9.17) is 9.47 Å². The number of benzene rings is 1. The smallest absolute Gasteiger partial charge is 0.319 e. The number of nitrogens with one attached hydrogen (secondary N) is 2. The van der Waals surface area contributed by atoms with Crippen molar-refractivity contribution in [3.63, 3.8) is 0 Å². The molecule has 2 rings (SSSR count). The minimum atomic E-state index is -0.216. The van der Waals surface area contributed by atoms with Gasteiger partial charge in [0, 0.05) is 36.9 Å². The number of carbonyl (C=O) groups excluding carboxylic acids is 1. The van der Waals surface area contributed by atoms with Crippen molar-refractivity contribution in [2.75, 3.05) is 25.2 Å². The first-order valence-electron chi connectivity index (χ1n) is 7.67. The van der Waals surface area contributed by atoms with Gasteiger partial charge in [0.15, 0.2) is 11.5 Å². The van der Waals surface area contributed by atoms with Crippen LogP contribution in [0.4, 0.5) is 10.5 Å². The lowest BCUT2D eigenvalue weighted by Crippen LogP contribution is -2.43. The fraction of sp³-hybridized carbons (Fsp3) is 0.562. The van der Waals surface area contributed by atoms with E-state index in [2.05, 4.69) is 43.2 Å². The number of urea groups is 1. The van der Waals surface area contributed by atoms with Crippen LogP contribution in [0.15, 0.2) is 18.2 Å². The molecule has 6 nitrogen and oxygen atoms in total. The van der Waals surface area contributed by atoms with Gasteiger partial charge >= 0.3 is 6.03 Å². The number of carbonyl (C=O) groups is 1. The lowest BCUT2D eigenvalue weighted by atomic mass is 10.2. The molecule has 0 atom stereocenters. The van der Waals surface area contributed by atoms with Crippen molar-refractivity contribution in [3.05, 3.63) is 18.2 Å². The molecule has 122 valence electrons. The van der Waals surface area contributed by atoms with E-state index in [1.165, 1.54) is 0 Å². The number of nitrogens with zero attached hydrogens (tertiary/aromatic N) is 1.